The molecule has 0 radical (unpaired) electrons. The van der Waals surface area contributed by atoms with E-state index in [-0.39, 0.29) is 0 Å². The first-order chi connectivity index (χ1) is 33.0. The number of aliphatic hydroxyl groups is 4. The number of allylic oxidation sites excluding steroid dienone is 2. The van der Waals surface area contributed by atoms with Gasteiger partial charge in [-0.3, -0.25) is 4.79 Å². The molecule has 4 atom stereocenters. The Morgan fingerprint density at radius 2 is 0.612 bits per heavy atom. The zero-order valence-electron chi connectivity index (χ0n) is 45.4. The SMILES string of the molecule is CCCCCCCCCCCCCCCCCCCCCC/C=C/CCCC(O)C(O)C(CO)NC(=O)C(O)CCCCCCCCCCCCCCCCCCCCCCCCCCCC. The van der Waals surface area contributed by atoms with Gasteiger partial charge in [0.15, 0.2) is 0 Å². The van der Waals surface area contributed by atoms with E-state index in [0.717, 1.165) is 38.5 Å². The van der Waals surface area contributed by atoms with Crippen molar-refractivity contribution in [3.63, 3.8) is 0 Å². The third kappa shape index (κ3) is 49.8. The molecule has 0 saturated carbocycles. The van der Waals surface area contributed by atoms with Gasteiger partial charge < -0.3 is 25.7 Å². The van der Waals surface area contributed by atoms with E-state index in [1.54, 1.807) is 0 Å². The Labute approximate surface area is 419 Å². The molecule has 0 rings (SSSR count). The number of carbonyl (C=O) groups is 1. The third-order valence-corrected chi connectivity index (χ3v) is 14.7. The molecule has 0 aliphatic rings. The van der Waals surface area contributed by atoms with Gasteiger partial charge in [0.2, 0.25) is 5.91 Å². The molecule has 6 nitrogen and oxygen atoms in total. The van der Waals surface area contributed by atoms with Gasteiger partial charge >= 0.3 is 0 Å². The van der Waals surface area contributed by atoms with E-state index in [1.807, 2.05) is 0 Å². The lowest BCUT2D eigenvalue weighted by atomic mass is 10.00. The van der Waals surface area contributed by atoms with Crippen molar-refractivity contribution in [1.29, 1.82) is 0 Å². The average molecular weight is 949 g/mol. The van der Waals surface area contributed by atoms with Crippen molar-refractivity contribution in [2.75, 3.05) is 6.61 Å². The van der Waals surface area contributed by atoms with Gasteiger partial charge in [0.25, 0.3) is 0 Å². The number of unbranched alkanes of at least 4 members (excludes halogenated alkanes) is 46. The van der Waals surface area contributed by atoms with E-state index in [4.69, 9.17) is 0 Å². The average Bonchev–Trinajstić information content (AvgIpc) is 3.33. The Morgan fingerprint density at radius 1 is 0.358 bits per heavy atom. The van der Waals surface area contributed by atoms with Gasteiger partial charge in [-0.25, -0.2) is 0 Å². The van der Waals surface area contributed by atoms with Crippen LogP contribution in [-0.2, 0) is 4.79 Å². The summed E-state index contributed by atoms with van der Waals surface area (Å²) in [6, 6.07) is -0.999. The first-order valence-corrected chi connectivity index (χ1v) is 30.6. The first-order valence-electron chi connectivity index (χ1n) is 30.6. The van der Waals surface area contributed by atoms with Crippen LogP contribution in [0.3, 0.4) is 0 Å². The van der Waals surface area contributed by atoms with Crippen molar-refractivity contribution < 1.29 is 25.2 Å². The van der Waals surface area contributed by atoms with Gasteiger partial charge in [-0.2, -0.15) is 0 Å². The number of aliphatic hydroxyl groups excluding tert-OH is 4. The van der Waals surface area contributed by atoms with Crippen LogP contribution >= 0.6 is 0 Å². The van der Waals surface area contributed by atoms with Crippen LogP contribution in [0, 0.1) is 0 Å². The summed E-state index contributed by atoms with van der Waals surface area (Å²) in [5.41, 5.74) is 0. The molecule has 5 N–H and O–H groups in total. The minimum atomic E-state index is -1.28. The highest BCUT2D eigenvalue weighted by Gasteiger charge is 2.28. The number of hydrogen-bond donors (Lipinski definition) is 5. The lowest BCUT2D eigenvalue weighted by Crippen LogP contribution is -2.53. The lowest BCUT2D eigenvalue weighted by Gasteiger charge is -2.27. The molecular formula is C61H121NO5. The summed E-state index contributed by atoms with van der Waals surface area (Å²) in [6.45, 7) is 4.09. The summed E-state index contributed by atoms with van der Waals surface area (Å²) in [6.07, 6.45) is 67.3. The normalized spacial score (nSPS) is 13.7. The van der Waals surface area contributed by atoms with Gasteiger partial charge in [-0.05, 0) is 38.5 Å². The van der Waals surface area contributed by atoms with Crippen molar-refractivity contribution >= 4 is 5.91 Å². The summed E-state index contributed by atoms with van der Waals surface area (Å²) >= 11 is 0. The maximum Gasteiger partial charge on any atom is 0.249 e. The molecule has 400 valence electrons. The monoisotopic (exact) mass is 948 g/mol. The van der Waals surface area contributed by atoms with Crippen LogP contribution in [0.25, 0.3) is 0 Å². The second-order valence-corrected chi connectivity index (χ2v) is 21.4. The van der Waals surface area contributed by atoms with Gasteiger partial charge in [0, 0.05) is 0 Å². The molecule has 1 amide bonds. The molecule has 0 fully saturated rings. The van der Waals surface area contributed by atoms with Gasteiger partial charge in [-0.15, -0.1) is 0 Å². The molecule has 0 aliphatic carbocycles. The van der Waals surface area contributed by atoms with Crippen LogP contribution < -0.4 is 5.32 Å². The Kier molecular flexibility index (Phi) is 55.2. The fourth-order valence-corrected chi connectivity index (χ4v) is 9.94. The van der Waals surface area contributed by atoms with Crippen LogP contribution in [0.5, 0.6) is 0 Å². The molecule has 0 bridgehead atoms. The molecule has 0 aliphatic heterocycles. The van der Waals surface area contributed by atoms with Crippen molar-refractivity contribution in [1.82, 2.24) is 5.32 Å². The molecule has 67 heavy (non-hydrogen) atoms. The van der Waals surface area contributed by atoms with Crippen LogP contribution in [0.15, 0.2) is 12.2 Å². The predicted molar refractivity (Wildman–Crippen MR) is 293 cm³/mol. The van der Waals surface area contributed by atoms with Crippen molar-refractivity contribution in [3.05, 3.63) is 12.2 Å². The number of carbonyl (C=O) groups excluding carboxylic acids is 1. The molecule has 6 heteroatoms. The third-order valence-electron chi connectivity index (χ3n) is 14.7. The van der Waals surface area contributed by atoms with Crippen LogP contribution in [0.4, 0.5) is 0 Å². The number of amides is 1. The molecule has 0 spiro atoms. The first kappa shape index (κ1) is 66.0. The van der Waals surface area contributed by atoms with Gasteiger partial charge in [-0.1, -0.05) is 315 Å². The number of nitrogens with one attached hydrogen (secondary N) is 1. The second kappa shape index (κ2) is 56.0. The number of rotatable bonds is 57. The van der Waals surface area contributed by atoms with Crippen molar-refractivity contribution in [2.45, 2.75) is 366 Å². The van der Waals surface area contributed by atoms with Gasteiger partial charge in [0.1, 0.15) is 12.2 Å². The van der Waals surface area contributed by atoms with Crippen LogP contribution in [0.2, 0.25) is 0 Å². The van der Waals surface area contributed by atoms with E-state index < -0.39 is 36.9 Å². The molecule has 0 aromatic carbocycles. The Hall–Kier alpha value is -0.950. The highest BCUT2D eigenvalue weighted by Crippen LogP contribution is 2.19. The largest absolute Gasteiger partial charge is 0.394 e. The fourth-order valence-electron chi connectivity index (χ4n) is 9.94. The molecule has 4 unspecified atom stereocenters. The Bertz CT molecular complexity index is 975. The van der Waals surface area contributed by atoms with Crippen LogP contribution in [-0.4, -0.2) is 57.3 Å². The Morgan fingerprint density at radius 3 is 0.896 bits per heavy atom. The topological polar surface area (TPSA) is 110 Å². The zero-order chi connectivity index (χ0) is 48.8. The van der Waals surface area contributed by atoms with Crippen LogP contribution in [0.1, 0.15) is 341 Å². The van der Waals surface area contributed by atoms with Gasteiger partial charge in [0.05, 0.1) is 18.8 Å². The number of hydrogen-bond acceptors (Lipinski definition) is 5. The standard InChI is InChI=1S/C61H121NO5/c1-3-5-7-9-11-13-15-17-19-21-23-25-27-29-31-33-35-37-39-41-43-45-47-49-51-53-55-59(65)61(67)62-57(56-63)60(66)58(64)54-52-50-48-46-44-42-40-38-36-34-32-30-28-26-24-22-20-18-16-14-12-10-8-6-4-2/h46,48,57-60,63-66H,3-45,47,49-56H2,1-2H3,(H,62,67)/b48-46+. The Balaban J connectivity index is 3.59. The summed E-state index contributed by atoms with van der Waals surface area (Å²) in [5, 5.41) is 44.1. The van der Waals surface area contributed by atoms with E-state index >= 15 is 0 Å². The quantitative estimate of drug-likeness (QED) is 0.0308. The summed E-state index contributed by atoms with van der Waals surface area (Å²) in [5.74, 6) is -0.585. The summed E-state index contributed by atoms with van der Waals surface area (Å²) in [4.78, 5) is 12.6. The lowest BCUT2D eigenvalue weighted by molar-refractivity contribution is -0.132. The van der Waals surface area contributed by atoms with E-state index in [9.17, 15) is 25.2 Å². The minimum absolute atomic E-state index is 0.369. The second-order valence-electron chi connectivity index (χ2n) is 21.4. The summed E-state index contributed by atoms with van der Waals surface area (Å²) in [7, 11) is 0. The van der Waals surface area contributed by atoms with Crippen molar-refractivity contribution in [3.8, 4) is 0 Å². The zero-order valence-corrected chi connectivity index (χ0v) is 45.4. The molecule has 0 aromatic rings. The molecular weight excluding hydrogens is 827 g/mol. The van der Waals surface area contributed by atoms with E-state index in [1.165, 1.54) is 276 Å². The van der Waals surface area contributed by atoms with Crippen molar-refractivity contribution in [2.24, 2.45) is 0 Å². The molecule has 0 aromatic heterocycles. The molecule has 0 heterocycles. The fraction of sp³-hybridized carbons (Fsp3) is 0.951. The van der Waals surface area contributed by atoms with E-state index in [2.05, 4.69) is 31.3 Å². The highest BCUT2D eigenvalue weighted by atomic mass is 16.3. The highest BCUT2D eigenvalue weighted by molar-refractivity contribution is 5.80. The maximum atomic E-state index is 12.6. The predicted octanol–water partition coefficient (Wildman–Crippen LogP) is 18.0. The smallest absolute Gasteiger partial charge is 0.249 e. The molecule has 0 saturated heterocycles. The summed E-state index contributed by atoms with van der Waals surface area (Å²) < 4.78 is 0. The maximum absolute atomic E-state index is 12.6. The minimum Gasteiger partial charge on any atom is -0.394 e. The van der Waals surface area contributed by atoms with E-state index in [0.29, 0.717) is 12.8 Å².